The predicted octanol–water partition coefficient (Wildman–Crippen LogP) is 1.71. The molecule has 0 spiro atoms. The molecule has 0 fully saturated rings. The number of amides is 1. The Hall–Kier alpha value is -4.35. The van der Waals surface area contributed by atoms with Crippen molar-refractivity contribution in [2.75, 3.05) is 7.11 Å². The van der Waals surface area contributed by atoms with E-state index >= 15 is 0 Å². The number of allylic oxidation sites excluding steroid dienone is 1. The van der Waals surface area contributed by atoms with Crippen LogP contribution >= 0.6 is 0 Å². The van der Waals surface area contributed by atoms with Gasteiger partial charge in [-0.15, -0.1) is 0 Å². The molecule has 1 unspecified atom stereocenters. The van der Waals surface area contributed by atoms with Crippen molar-refractivity contribution in [3.8, 4) is 0 Å². The average Bonchev–Trinajstić information content (AvgIpc) is 3.36. The third-order valence-electron chi connectivity index (χ3n) is 6.73. The van der Waals surface area contributed by atoms with Crippen LogP contribution in [0.4, 0.5) is 0 Å². The lowest BCUT2D eigenvalue weighted by Gasteiger charge is -2.18. The molecule has 0 saturated heterocycles. The van der Waals surface area contributed by atoms with E-state index in [-0.39, 0.29) is 49.4 Å². The van der Waals surface area contributed by atoms with Crippen LogP contribution in [0.25, 0.3) is 0 Å². The third kappa shape index (κ3) is 9.14. The normalized spacial score (nSPS) is 13.4. The number of imidazole rings is 1. The van der Waals surface area contributed by atoms with Crippen molar-refractivity contribution in [1.82, 2.24) is 19.4 Å². The lowest BCUT2D eigenvalue weighted by molar-refractivity contribution is -0.145. The molecule has 12 heteroatoms. The van der Waals surface area contributed by atoms with Crippen LogP contribution in [-0.2, 0) is 43.9 Å². The number of aryl methyl sites for hydroxylation is 1. The van der Waals surface area contributed by atoms with Crippen molar-refractivity contribution in [2.24, 2.45) is 18.9 Å². The van der Waals surface area contributed by atoms with Crippen LogP contribution in [-0.4, -0.2) is 61.8 Å². The van der Waals surface area contributed by atoms with Crippen LogP contribution in [0, 0.1) is 11.8 Å². The first-order chi connectivity index (χ1) is 19.0. The average molecular weight is 557 g/mol. The number of Topliss-reactive ketones (excluding diaryl/α,β-unsaturated/α-hetero) is 2. The number of hydrogen-bond donors (Lipinski definition) is 2. The zero-order valence-electron chi connectivity index (χ0n) is 23.2. The van der Waals surface area contributed by atoms with Gasteiger partial charge in [-0.3, -0.25) is 24.0 Å². The minimum atomic E-state index is -1.06. The molecule has 0 saturated carbocycles. The van der Waals surface area contributed by atoms with E-state index in [4.69, 9.17) is 0 Å². The lowest BCUT2D eigenvalue weighted by Crippen LogP contribution is -2.43. The summed E-state index contributed by atoms with van der Waals surface area (Å²) in [6.45, 7) is 3.29. The van der Waals surface area contributed by atoms with Crippen molar-refractivity contribution in [2.45, 2.75) is 58.5 Å². The fourth-order valence-electron chi connectivity index (χ4n) is 4.11. The van der Waals surface area contributed by atoms with Crippen molar-refractivity contribution in [3.63, 3.8) is 0 Å². The second kappa shape index (κ2) is 15.3. The highest BCUT2D eigenvalue weighted by Gasteiger charge is 2.27. The minimum Gasteiger partial charge on any atom is -0.481 e. The Bertz CT molecular complexity index is 1310. The molecule has 216 valence electrons. The third-order valence-corrected chi connectivity index (χ3v) is 6.73. The molecule has 2 heterocycles. The molecule has 0 aromatic carbocycles. The molecular weight excluding hydrogens is 520 g/mol. The number of ketones is 2. The van der Waals surface area contributed by atoms with E-state index in [0.29, 0.717) is 6.42 Å². The maximum atomic E-state index is 13.3. The molecule has 12 nitrogen and oxygen atoms in total. The second-order valence-electron chi connectivity index (χ2n) is 9.60. The standard InChI is InChI=1S/C28H36N4O8/c1-5-18(2)21(28(38)39)14-20(33)16-32-12-8-9-19(27(32)37)13-24(34)22(10-6-7-11-25(35)40-4)30-26(36)23-15-29-17-31(23)3/h7-9,11-12,15,17-18,21-22H,5-6,10,13-14,16H2,1-4H3,(H,30,36)(H,38,39)/b11-7+/t18?,21-,22-/m0/s1. The summed E-state index contributed by atoms with van der Waals surface area (Å²) >= 11 is 0. The van der Waals surface area contributed by atoms with E-state index in [0.717, 1.165) is 4.57 Å². The number of esters is 1. The highest BCUT2D eigenvalue weighted by atomic mass is 16.5. The molecule has 2 aromatic rings. The van der Waals surface area contributed by atoms with Crippen LogP contribution in [0.15, 0.2) is 47.8 Å². The zero-order chi connectivity index (χ0) is 29.8. The van der Waals surface area contributed by atoms with E-state index in [1.54, 1.807) is 14.0 Å². The second-order valence-corrected chi connectivity index (χ2v) is 9.60. The maximum Gasteiger partial charge on any atom is 0.330 e. The molecule has 0 radical (unpaired) electrons. The fraction of sp³-hybridized carbons (Fsp3) is 0.464. The number of rotatable bonds is 16. The summed E-state index contributed by atoms with van der Waals surface area (Å²) in [4.78, 5) is 78.6. The summed E-state index contributed by atoms with van der Waals surface area (Å²) in [6.07, 6.45) is 7.45. The summed E-state index contributed by atoms with van der Waals surface area (Å²) in [6, 6.07) is 2.02. The Labute approximate surface area is 232 Å². The van der Waals surface area contributed by atoms with Gasteiger partial charge in [-0.25, -0.2) is 9.78 Å². The summed E-state index contributed by atoms with van der Waals surface area (Å²) in [5.74, 6) is -4.04. The predicted molar refractivity (Wildman–Crippen MR) is 144 cm³/mol. The molecule has 2 rings (SSSR count). The Morgan fingerprint density at radius 1 is 1.23 bits per heavy atom. The number of carbonyl (C=O) groups is 5. The number of carbonyl (C=O) groups excluding carboxylic acids is 4. The molecule has 3 atom stereocenters. The van der Waals surface area contributed by atoms with Gasteiger partial charge in [0, 0.05) is 37.7 Å². The van der Waals surface area contributed by atoms with Gasteiger partial charge in [0.1, 0.15) is 5.69 Å². The van der Waals surface area contributed by atoms with Gasteiger partial charge in [-0.2, -0.15) is 0 Å². The van der Waals surface area contributed by atoms with E-state index in [1.165, 1.54) is 54.7 Å². The number of ether oxygens (including phenoxy) is 1. The van der Waals surface area contributed by atoms with E-state index in [2.05, 4.69) is 15.0 Å². The fourth-order valence-corrected chi connectivity index (χ4v) is 4.11. The van der Waals surface area contributed by atoms with E-state index in [1.807, 2.05) is 6.92 Å². The lowest BCUT2D eigenvalue weighted by atomic mass is 9.87. The van der Waals surface area contributed by atoms with Crippen molar-refractivity contribution >= 4 is 29.4 Å². The number of nitrogens with one attached hydrogen (secondary N) is 1. The number of pyridine rings is 1. The van der Waals surface area contributed by atoms with Gasteiger partial charge in [-0.05, 0) is 24.8 Å². The van der Waals surface area contributed by atoms with Crippen LogP contribution in [0.5, 0.6) is 0 Å². The molecule has 0 aliphatic heterocycles. The summed E-state index contributed by atoms with van der Waals surface area (Å²) in [5, 5.41) is 12.2. The first kappa shape index (κ1) is 31.9. The van der Waals surface area contributed by atoms with Crippen LogP contribution in [0.3, 0.4) is 0 Å². The van der Waals surface area contributed by atoms with E-state index < -0.39 is 46.9 Å². The number of carboxylic acids is 1. The SMILES string of the molecule is CCC(C)[C@H](CC(=O)Cn1cccc(CC(=O)[C@H](CC/C=C/C(=O)OC)NC(=O)c2cncn2C)c1=O)C(=O)O. The maximum absolute atomic E-state index is 13.3. The van der Waals surface area contributed by atoms with Gasteiger partial charge in [0.25, 0.3) is 11.5 Å². The number of methoxy groups -OCH3 is 1. The number of carboxylic acid groups (broad SMARTS) is 1. The molecule has 0 aliphatic rings. The Kier molecular flexibility index (Phi) is 12.2. The van der Waals surface area contributed by atoms with Crippen LogP contribution in [0.1, 0.15) is 55.6 Å². The first-order valence-electron chi connectivity index (χ1n) is 13.0. The molecule has 40 heavy (non-hydrogen) atoms. The Morgan fingerprint density at radius 2 is 1.95 bits per heavy atom. The Balaban J connectivity index is 2.19. The minimum absolute atomic E-state index is 0.127. The summed E-state index contributed by atoms with van der Waals surface area (Å²) < 4.78 is 7.20. The number of aromatic nitrogens is 3. The largest absolute Gasteiger partial charge is 0.481 e. The van der Waals surface area contributed by atoms with E-state index in [9.17, 15) is 33.9 Å². The molecular formula is C28H36N4O8. The molecule has 0 aliphatic carbocycles. The van der Waals surface area contributed by atoms with Crippen molar-refractivity contribution < 1.29 is 33.8 Å². The quantitative estimate of drug-likeness (QED) is 0.231. The van der Waals surface area contributed by atoms with Crippen molar-refractivity contribution in [1.29, 1.82) is 0 Å². The molecule has 0 bridgehead atoms. The molecule has 2 aromatic heterocycles. The van der Waals surface area contributed by atoms with Gasteiger partial charge in [-0.1, -0.05) is 32.4 Å². The number of aliphatic carboxylic acids is 1. The van der Waals surface area contributed by atoms with Gasteiger partial charge in [0.05, 0.1) is 38.1 Å². The summed E-state index contributed by atoms with van der Waals surface area (Å²) in [7, 11) is 2.87. The smallest absolute Gasteiger partial charge is 0.330 e. The van der Waals surface area contributed by atoms with Crippen LogP contribution in [0.2, 0.25) is 0 Å². The monoisotopic (exact) mass is 556 g/mol. The summed E-state index contributed by atoms with van der Waals surface area (Å²) in [5.41, 5.74) is -0.190. The van der Waals surface area contributed by atoms with Gasteiger partial charge in [0.2, 0.25) is 0 Å². The molecule has 2 N–H and O–H groups in total. The number of nitrogens with zero attached hydrogens (tertiary/aromatic N) is 3. The zero-order valence-corrected chi connectivity index (χ0v) is 23.2. The van der Waals surface area contributed by atoms with Gasteiger partial charge < -0.3 is 24.3 Å². The first-order valence-corrected chi connectivity index (χ1v) is 13.0. The van der Waals surface area contributed by atoms with Gasteiger partial charge >= 0.3 is 11.9 Å². The highest BCUT2D eigenvalue weighted by Crippen LogP contribution is 2.20. The van der Waals surface area contributed by atoms with Crippen LogP contribution < -0.4 is 10.9 Å². The van der Waals surface area contributed by atoms with Crippen molar-refractivity contribution in [3.05, 3.63) is 64.6 Å². The Morgan fingerprint density at radius 3 is 2.55 bits per heavy atom. The topological polar surface area (TPSA) is 167 Å². The number of hydrogen-bond acceptors (Lipinski definition) is 8. The highest BCUT2D eigenvalue weighted by molar-refractivity contribution is 5.97. The molecule has 1 amide bonds. The van der Waals surface area contributed by atoms with Gasteiger partial charge in [0.15, 0.2) is 11.6 Å².